The molecule has 0 saturated carbocycles. The van der Waals surface area contributed by atoms with Gasteiger partial charge in [0, 0.05) is 32.0 Å². The third-order valence-corrected chi connectivity index (χ3v) is 5.15. The van der Waals surface area contributed by atoms with Gasteiger partial charge in [0.25, 0.3) is 5.91 Å². The van der Waals surface area contributed by atoms with Crippen LogP contribution in [0.5, 0.6) is 5.75 Å². The highest BCUT2D eigenvalue weighted by Crippen LogP contribution is 2.20. The standard InChI is InChI=1S/C21H24N4O3/c1-15-19(12-22-20-9-10-23-25(15)20)21(26)24(14-18-4-3-11-28-18)13-16-5-7-17(27-2)8-6-16/h5-10,12,18H,3-4,11,13-14H2,1-2H3/t18-/m1/s1. The maximum atomic E-state index is 13.4. The van der Waals surface area contributed by atoms with Crippen LogP contribution in [0.1, 0.15) is 34.5 Å². The van der Waals surface area contributed by atoms with Crippen molar-refractivity contribution in [2.45, 2.75) is 32.4 Å². The van der Waals surface area contributed by atoms with Crippen molar-refractivity contribution in [3.63, 3.8) is 0 Å². The van der Waals surface area contributed by atoms with Crippen molar-refractivity contribution in [1.82, 2.24) is 19.5 Å². The van der Waals surface area contributed by atoms with Crippen LogP contribution >= 0.6 is 0 Å². The number of nitrogens with zero attached hydrogens (tertiary/aromatic N) is 4. The molecular weight excluding hydrogens is 356 g/mol. The molecule has 2 aromatic heterocycles. The average molecular weight is 380 g/mol. The summed E-state index contributed by atoms with van der Waals surface area (Å²) in [6, 6.07) is 9.61. The summed E-state index contributed by atoms with van der Waals surface area (Å²) in [5.74, 6) is 0.735. The molecule has 4 rings (SSSR count). The molecule has 1 aliphatic rings. The summed E-state index contributed by atoms with van der Waals surface area (Å²) in [5, 5.41) is 4.27. The van der Waals surface area contributed by atoms with Crippen LogP contribution in [-0.2, 0) is 11.3 Å². The molecule has 0 N–H and O–H groups in total. The quantitative estimate of drug-likeness (QED) is 0.658. The lowest BCUT2D eigenvalue weighted by Crippen LogP contribution is -2.37. The lowest BCUT2D eigenvalue weighted by atomic mass is 10.1. The number of hydrogen-bond acceptors (Lipinski definition) is 5. The zero-order valence-electron chi connectivity index (χ0n) is 16.2. The van der Waals surface area contributed by atoms with Crippen LogP contribution in [0.4, 0.5) is 0 Å². The number of carbonyl (C=O) groups is 1. The molecule has 1 fully saturated rings. The van der Waals surface area contributed by atoms with E-state index < -0.39 is 0 Å². The van der Waals surface area contributed by atoms with Crippen molar-refractivity contribution >= 4 is 11.6 Å². The number of carbonyl (C=O) groups excluding carboxylic acids is 1. The van der Waals surface area contributed by atoms with Gasteiger partial charge in [0.1, 0.15) is 5.75 Å². The highest BCUT2D eigenvalue weighted by Gasteiger charge is 2.25. The molecule has 1 atom stereocenters. The van der Waals surface area contributed by atoms with Crippen LogP contribution in [0.15, 0.2) is 42.7 Å². The van der Waals surface area contributed by atoms with E-state index in [1.165, 1.54) is 0 Å². The van der Waals surface area contributed by atoms with Crippen LogP contribution in [0, 0.1) is 6.92 Å². The molecule has 1 amide bonds. The maximum absolute atomic E-state index is 13.4. The van der Waals surface area contributed by atoms with Crippen LogP contribution in [-0.4, -0.2) is 51.8 Å². The number of aromatic nitrogens is 3. The molecule has 0 spiro atoms. The van der Waals surface area contributed by atoms with Crippen molar-refractivity contribution in [3.8, 4) is 5.75 Å². The van der Waals surface area contributed by atoms with Crippen LogP contribution in [0.2, 0.25) is 0 Å². The van der Waals surface area contributed by atoms with E-state index in [0.717, 1.165) is 42.1 Å². The SMILES string of the molecule is COc1ccc(CN(C[C@H]2CCCO2)C(=O)c2cnc3ccnn3c2C)cc1. The van der Waals surface area contributed by atoms with Crippen LogP contribution in [0.3, 0.4) is 0 Å². The summed E-state index contributed by atoms with van der Waals surface area (Å²) < 4.78 is 12.7. The second-order valence-electron chi connectivity index (χ2n) is 7.03. The highest BCUT2D eigenvalue weighted by atomic mass is 16.5. The summed E-state index contributed by atoms with van der Waals surface area (Å²) in [6.07, 6.45) is 5.41. The Kier molecular flexibility index (Phi) is 5.25. The number of methoxy groups -OCH3 is 1. The Morgan fingerprint density at radius 3 is 2.86 bits per heavy atom. The summed E-state index contributed by atoms with van der Waals surface area (Å²) in [4.78, 5) is 19.6. The van der Waals surface area contributed by atoms with E-state index >= 15 is 0 Å². The van der Waals surface area contributed by atoms with Crippen LogP contribution in [0.25, 0.3) is 5.65 Å². The Morgan fingerprint density at radius 1 is 1.32 bits per heavy atom. The van der Waals surface area contributed by atoms with Gasteiger partial charge in [-0.15, -0.1) is 0 Å². The molecular formula is C21H24N4O3. The smallest absolute Gasteiger partial charge is 0.257 e. The number of benzene rings is 1. The highest BCUT2D eigenvalue weighted by molar-refractivity contribution is 5.95. The number of aryl methyl sites for hydroxylation is 1. The van der Waals surface area contributed by atoms with Gasteiger partial charge in [0.2, 0.25) is 0 Å². The Balaban J connectivity index is 1.62. The van der Waals surface area contributed by atoms with E-state index in [2.05, 4.69) is 10.1 Å². The summed E-state index contributed by atoms with van der Waals surface area (Å²) in [6.45, 7) is 3.71. The van der Waals surface area contributed by atoms with Gasteiger partial charge in [0.15, 0.2) is 5.65 Å². The molecule has 0 unspecified atom stereocenters. The molecule has 1 aliphatic heterocycles. The minimum atomic E-state index is -0.0614. The Morgan fingerprint density at radius 2 is 2.14 bits per heavy atom. The van der Waals surface area contributed by atoms with Crippen molar-refractivity contribution in [1.29, 1.82) is 0 Å². The van der Waals surface area contributed by atoms with Gasteiger partial charge < -0.3 is 14.4 Å². The van der Waals surface area contributed by atoms with Crippen molar-refractivity contribution in [3.05, 3.63) is 59.5 Å². The molecule has 3 aromatic rings. The van der Waals surface area contributed by atoms with E-state index in [1.54, 1.807) is 24.0 Å². The number of rotatable bonds is 6. The summed E-state index contributed by atoms with van der Waals surface area (Å²) in [7, 11) is 1.64. The first-order valence-electron chi connectivity index (χ1n) is 9.49. The second-order valence-corrected chi connectivity index (χ2v) is 7.03. The number of fused-ring (bicyclic) bond motifs is 1. The zero-order valence-corrected chi connectivity index (χ0v) is 16.2. The monoisotopic (exact) mass is 380 g/mol. The zero-order chi connectivity index (χ0) is 19.5. The fourth-order valence-electron chi connectivity index (χ4n) is 3.58. The fourth-order valence-corrected chi connectivity index (χ4v) is 3.58. The molecule has 146 valence electrons. The van der Waals surface area contributed by atoms with E-state index in [0.29, 0.717) is 18.7 Å². The first-order chi connectivity index (χ1) is 13.7. The second kappa shape index (κ2) is 7.98. The topological polar surface area (TPSA) is 69.0 Å². The van der Waals surface area contributed by atoms with Gasteiger partial charge in [-0.1, -0.05) is 12.1 Å². The molecule has 3 heterocycles. The van der Waals surface area contributed by atoms with Crippen molar-refractivity contribution < 1.29 is 14.3 Å². The first kappa shape index (κ1) is 18.4. The maximum Gasteiger partial charge on any atom is 0.257 e. The predicted molar refractivity (Wildman–Crippen MR) is 104 cm³/mol. The van der Waals surface area contributed by atoms with Crippen molar-refractivity contribution in [2.24, 2.45) is 0 Å². The summed E-state index contributed by atoms with van der Waals surface area (Å²) >= 11 is 0. The van der Waals surface area contributed by atoms with E-state index in [4.69, 9.17) is 9.47 Å². The predicted octanol–water partition coefficient (Wildman–Crippen LogP) is 2.87. The van der Waals surface area contributed by atoms with Gasteiger partial charge in [-0.3, -0.25) is 4.79 Å². The Labute approximate surface area is 163 Å². The normalized spacial score (nSPS) is 16.4. The third-order valence-electron chi connectivity index (χ3n) is 5.15. The van der Waals surface area contributed by atoms with E-state index in [1.807, 2.05) is 42.2 Å². The largest absolute Gasteiger partial charge is 0.497 e. The van der Waals surface area contributed by atoms with E-state index in [-0.39, 0.29) is 12.0 Å². The van der Waals surface area contributed by atoms with Gasteiger partial charge in [-0.25, -0.2) is 9.50 Å². The molecule has 28 heavy (non-hydrogen) atoms. The van der Waals surface area contributed by atoms with Gasteiger partial charge in [-0.2, -0.15) is 5.10 Å². The Hall–Kier alpha value is -2.93. The summed E-state index contributed by atoms with van der Waals surface area (Å²) in [5.41, 5.74) is 3.11. The molecule has 0 radical (unpaired) electrons. The third kappa shape index (κ3) is 3.71. The average Bonchev–Trinajstić information content (AvgIpc) is 3.40. The number of hydrogen-bond donors (Lipinski definition) is 0. The van der Waals surface area contributed by atoms with E-state index in [9.17, 15) is 4.79 Å². The minimum Gasteiger partial charge on any atom is -0.497 e. The fraction of sp³-hybridized carbons (Fsp3) is 0.381. The van der Waals surface area contributed by atoms with Gasteiger partial charge in [-0.05, 0) is 37.5 Å². The van der Waals surface area contributed by atoms with Crippen molar-refractivity contribution in [2.75, 3.05) is 20.3 Å². The lowest BCUT2D eigenvalue weighted by molar-refractivity contribution is 0.0506. The molecule has 0 bridgehead atoms. The first-order valence-corrected chi connectivity index (χ1v) is 9.49. The molecule has 7 nitrogen and oxygen atoms in total. The number of ether oxygens (including phenoxy) is 2. The molecule has 0 aliphatic carbocycles. The van der Waals surface area contributed by atoms with Crippen LogP contribution < -0.4 is 4.74 Å². The Bertz CT molecular complexity index is 961. The minimum absolute atomic E-state index is 0.0614. The van der Waals surface area contributed by atoms with Gasteiger partial charge >= 0.3 is 0 Å². The number of amides is 1. The van der Waals surface area contributed by atoms with Gasteiger partial charge in [0.05, 0.1) is 30.7 Å². The lowest BCUT2D eigenvalue weighted by Gasteiger charge is -2.26. The molecule has 1 saturated heterocycles. The molecule has 7 heteroatoms. The molecule has 1 aromatic carbocycles.